The van der Waals surface area contributed by atoms with Crippen LogP contribution in [0.3, 0.4) is 0 Å². The highest BCUT2D eigenvalue weighted by Gasteiger charge is 2.33. The minimum atomic E-state index is -3.74. The van der Waals surface area contributed by atoms with Crippen molar-refractivity contribution in [3.8, 4) is 29.1 Å². The largest absolute Gasteiger partial charge is 0.415 e. The van der Waals surface area contributed by atoms with Crippen LogP contribution in [-0.2, 0) is 30.0 Å². The first kappa shape index (κ1) is 21.1. The Morgan fingerprint density at radius 3 is 2.42 bits per heavy atom. The maximum atomic E-state index is 13.2. The molecule has 1 aliphatic heterocycles. The minimum absolute atomic E-state index is 0.142. The second kappa shape index (κ2) is 7.95. The third-order valence-corrected chi connectivity index (χ3v) is 7.61. The first-order valence-corrected chi connectivity index (χ1v) is 11.8. The second-order valence-electron chi connectivity index (χ2n) is 7.90. The van der Waals surface area contributed by atoms with Gasteiger partial charge in [0.25, 0.3) is 5.89 Å². The summed E-state index contributed by atoms with van der Waals surface area (Å²) in [6.45, 7) is 2.47. The molecule has 0 bridgehead atoms. The van der Waals surface area contributed by atoms with Gasteiger partial charge in [-0.05, 0) is 43.3 Å². The average Bonchev–Trinajstić information content (AvgIpc) is 3.44. The minimum Gasteiger partial charge on any atom is -0.415 e. The number of sulfonamides is 1. The fraction of sp³-hybridized carbons (Fsp3) is 0.217. The van der Waals surface area contributed by atoms with Crippen LogP contribution in [0.4, 0.5) is 0 Å². The fourth-order valence-electron chi connectivity index (χ4n) is 3.93. The summed E-state index contributed by atoms with van der Waals surface area (Å²) in [5.74, 6) is 0.627. The smallest absolute Gasteiger partial charge is 0.268 e. The number of hydrogen-bond donors (Lipinski definition) is 0. The lowest BCUT2D eigenvalue weighted by atomic mass is 10.1. The van der Waals surface area contributed by atoms with Gasteiger partial charge in [0.05, 0.1) is 16.5 Å². The lowest BCUT2D eigenvalue weighted by Gasteiger charge is -2.26. The molecular formula is C23H20N6O3S. The Labute approximate surface area is 191 Å². The number of hydrogen-bond acceptors (Lipinski definition) is 7. The molecule has 0 saturated heterocycles. The van der Waals surface area contributed by atoms with E-state index in [0.717, 1.165) is 22.4 Å². The van der Waals surface area contributed by atoms with E-state index in [1.54, 1.807) is 4.68 Å². The van der Waals surface area contributed by atoms with E-state index in [1.807, 2.05) is 44.3 Å². The number of aryl methyl sites for hydroxylation is 2. The fourth-order valence-corrected chi connectivity index (χ4v) is 5.34. The molecule has 1 aliphatic rings. The van der Waals surface area contributed by atoms with Crippen molar-refractivity contribution in [2.75, 3.05) is 6.54 Å². The van der Waals surface area contributed by atoms with Gasteiger partial charge in [-0.3, -0.25) is 4.68 Å². The van der Waals surface area contributed by atoms with Crippen molar-refractivity contribution in [1.29, 1.82) is 5.26 Å². The van der Waals surface area contributed by atoms with Gasteiger partial charge in [-0.1, -0.05) is 17.7 Å². The van der Waals surface area contributed by atoms with Crippen LogP contribution < -0.4 is 0 Å². The van der Waals surface area contributed by atoms with Gasteiger partial charge < -0.3 is 4.42 Å². The quantitative estimate of drug-likeness (QED) is 0.459. The normalized spacial score (nSPS) is 14.1. The molecule has 0 N–H and O–H groups in total. The summed E-state index contributed by atoms with van der Waals surface area (Å²) in [6.07, 6.45) is 0.507. The van der Waals surface area contributed by atoms with Crippen LogP contribution in [0.25, 0.3) is 23.0 Å². The number of nitriles is 1. The summed E-state index contributed by atoms with van der Waals surface area (Å²) >= 11 is 0. The monoisotopic (exact) mass is 460 g/mol. The van der Waals surface area contributed by atoms with Gasteiger partial charge in [-0.2, -0.15) is 14.7 Å². The Hall–Kier alpha value is -3.81. The predicted octanol–water partition coefficient (Wildman–Crippen LogP) is 3.06. The van der Waals surface area contributed by atoms with Gasteiger partial charge in [0.1, 0.15) is 0 Å². The molecule has 5 rings (SSSR count). The van der Waals surface area contributed by atoms with Crippen molar-refractivity contribution >= 4 is 10.0 Å². The van der Waals surface area contributed by atoms with Gasteiger partial charge in [-0.15, -0.1) is 10.2 Å². The molecule has 0 atom stereocenters. The SMILES string of the molecule is Cc1ccc(-c2nnc(-c3nn(C)c4c3CN(S(=O)(=O)c3ccc(C#N)cc3)CC4)o2)cc1. The summed E-state index contributed by atoms with van der Waals surface area (Å²) in [4.78, 5) is 0.148. The molecule has 0 saturated carbocycles. The van der Waals surface area contributed by atoms with Crippen molar-refractivity contribution in [2.24, 2.45) is 7.05 Å². The van der Waals surface area contributed by atoms with Crippen LogP contribution in [0.15, 0.2) is 57.8 Å². The van der Waals surface area contributed by atoms with E-state index in [4.69, 9.17) is 9.68 Å². The maximum absolute atomic E-state index is 13.2. The second-order valence-corrected chi connectivity index (χ2v) is 9.84. The van der Waals surface area contributed by atoms with E-state index in [9.17, 15) is 8.42 Å². The summed E-state index contributed by atoms with van der Waals surface area (Å²) < 4.78 is 35.5. The van der Waals surface area contributed by atoms with Crippen LogP contribution in [-0.4, -0.2) is 39.2 Å². The van der Waals surface area contributed by atoms with Gasteiger partial charge in [0, 0.05) is 43.4 Å². The Bertz CT molecular complexity index is 1480. The van der Waals surface area contributed by atoms with Crippen molar-refractivity contribution < 1.29 is 12.8 Å². The van der Waals surface area contributed by atoms with Gasteiger partial charge in [-0.25, -0.2) is 8.42 Å². The molecule has 4 aromatic rings. The Morgan fingerprint density at radius 2 is 1.73 bits per heavy atom. The number of benzene rings is 2. The average molecular weight is 461 g/mol. The highest BCUT2D eigenvalue weighted by atomic mass is 32.2. The summed E-state index contributed by atoms with van der Waals surface area (Å²) in [6, 6.07) is 15.7. The molecule has 33 heavy (non-hydrogen) atoms. The predicted molar refractivity (Wildman–Crippen MR) is 119 cm³/mol. The first-order chi connectivity index (χ1) is 15.9. The Balaban J connectivity index is 1.48. The van der Waals surface area contributed by atoms with E-state index >= 15 is 0 Å². The summed E-state index contributed by atoms with van der Waals surface area (Å²) in [5.41, 5.74) is 4.50. The third kappa shape index (κ3) is 3.71. The lowest BCUT2D eigenvalue weighted by Crippen LogP contribution is -2.36. The number of aromatic nitrogens is 4. The molecular weight excluding hydrogens is 440 g/mol. The molecule has 0 amide bonds. The molecule has 166 valence electrons. The van der Waals surface area contributed by atoms with E-state index in [-0.39, 0.29) is 17.3 Å². The van der Waals surface area contributed by atoms with Crippen molar-refractivity contribution in [1.82, 2.24) is 24.3 Å². The molecule has 0 fully saturated rings. The molecule has 0 unspecified atom stereocenters. The topological polar surface area (TPSA) is 118 Å². The molecule has 10 heteroatoms. The van der Waals surface area contributed by atoms with Crippen LogP contribution >= 0.6 is 0 Å². The van der Waals surface area contributed by atoms with Crippen LogP contribution in [0.2, 0.25) is 0 Å². The van der Waals surface area contributed by atoms with E-state index < -0.39 is 10.0 Å². The van der Waals surface area contributed by atoms with Gasteiger partial charge in [0.15, 0.2) is 5.69 Å². The maximum Gasteiger partial charge on any atom is 0.268 e. The van der Waals surface area contributed by atoms with Gasteiger partial charge in [0.2, 0.25) is 15.9 Å². The van der Waals surface area contributed by atoms with Crippen molar-refractivity contribution in [2.45, 2.75) is 24.8 Å². The summed E-state index contributed by atoms with van der Waals surface area (Å²) in [7, 11) is -1.92. The Kier molecular flexibility index (Phi) is 5.08. The van der Waals surface area contributed by atoms with Crippen molar-refractivity contribution in [3.63, 3.8) is 0 Å². The molecule has 2 aromatic heterocycles. The zero-order valence-corrected chi connectivity index (χ0v) is 18.9. The van der Waals surface area contributed by atoms with E-state index in [0.29, 0.717) is 30.1 Å². The molecule has 2 aromatic carbocycles. The highest BCUT2D eigenvalue weighted by Crippen LogP contribution is 2.32. The van der Waals surface area contributed by atoms with E-state index in [2.05, 4.69) is 15.3 Å². The molecule has 0 spiro atoms. The zero-order valence-electron chi connectivity index (χ0n) is 18.1. The molecule has 0 aliphatic carbocycles. The highest BCUT2D eigenvalue weighted by molar-refractivity contribution is 7.89. The Morgan fingerprint density at radius 1 is 1.03 bits per heavy atom. The first-order valence-electron chi connectivity index (χ1n) is 10.3. The number of nitrogens with zero attached hydrogens (tertiary/aromatic N) is 6. The standard InChI is InChI=1S/C23H20N6O3S/c1-15-3-7-17(8-4-15)22-25-26-23(32-22)21-19-14-29(12-11-20(19)28(2)27-21)33(30,31)18-9-5-16(13-24)6-10-18/h3-10H,11-12,14H2,1-2H3. The van der Waals surface area contributed by atoms with E-state index in [1.165, 1.54) is 28.6 Å². The lowest BCUT2D eigenvalue weighted by molar-refractivity contribution is 0.386. The van der Waals surface area contributed by atoms with Crippen molar-refractivity contribution in [3.05, 3.63) is 70.9 Å². The summed E-state index contributed by atoms with van der Waals surface area (Å²) in [5, 5.41) is 21.9. The van der Waals surface area contributed by atoms with Gasteiger partial charge >= 0.3 is 0 Å². The molecule has 3 heterocycles. The number of rotatable bonds is 4. The number of fused-ring (bicyclic) bond motifs is 1. The molecule has 9 nitrogen and oxygen atoms in total. The van der Waals surface area contributed by atoms with Crippen LogP contribution in [0.1, 0.15) is 22.4 Å². The molecule has 0 radical (unpaired) electrons. The zero-order chi connectivity index (χ0) is 23.2. The van der Waals surface area contributed by atoms with Crippen LogP contribution in [0, 0.1) is 18.3 Å². The van der Waals surface area contributed by atoms with Crippen LogP contribution in [0.5, 0.6) is 0 Å². The third-order valence-electron chi connectivity index (χ3n) is 5.75.